The van der Waals surface area contributed by atoms with Gasteiger partial charge >= 0.3 is 5.97 Å². The summed E-state index contributed by atoms with van der Waals surface area (Å²) in [7, 11) is 1.74. The minimum atomic E-state index is -1.09. The van der Waals surface area contributed by atoms with E-state index in [2.05, 4.69) is 0 Å². The first-order valence-electron chi connectivity index (χ1n) is 5.32. The van der Waals surface area contributed by atoms with Gasteiger partial charge in [-0.2, -0.15) is 0 Å². The number of benzene rings is 1. The van der Waals surface area contributed by atoms with Crippen LogP contribution < -0.4 is 4.90 Å². The molecule has 1 aromatic carbocycles. The molecule has 16 heavy (non-hydrogen) atoms. The van der Waals surface area contributed by atoms with Crippen LogP contribution in [0.5, 0.6) is 0 Å². The Morgan fingerprint density at radius 1 is 1.56 bits per heavy atom. The fraction of sp³-hybridized carbons (Fsp3) is 0.417. The Kier molecular flexibility index (Phi) is 2.81. The van der Waals surface area contributed by atoms with Gasteiger partial charge in [0.1, 0.15) is 5.82 Å². The zero-order valence-electron chi connectivity index (χ0n) is 9.11. The van der Waals surface area contributed by atoms with Crippen LogP contribution in [-0.4, -0.2) is 24.7 Å². The van der Waals surface area contributed by atoms with E-state index in [1.807, 2.05) is 0 Å². The zero-order chi connectivity index (χ0) is 11.7. The highest BCUT2D eigenvalue weighted by atomic mass is 19.1. The summed E-state index contributed by atoms with van der Waals surface area (Å²) in [4.78, 5) is 12.7. The van der Waals surface area contributed by atoms with Crippen LogP contribution in [-0.2, 0) is 0 Å². The molecule has 2 rings (SSSR count). The van der Waals surface area contributed by atoms with E-state index in [0.29, 0.717) is 5.92 Å². The molecule has 0 heterocycles. The van der Waals surface area contributed by atoms with E-state index in [1.54, 1.807) is 11.9 Å². The molecule has 86 valence electrons. The van der Waals surface area contributed by atoms with Crippen molar-refractivity contribution in [3.8, 4) is 0 Å². The molecular weight excluding hydrogens is 209 g/mol. The minimum absolute atomic E-state index is 0.0307. The molecule has 1 aromatic rings. The summed E-state index contributed by atoms with van der Waals surface area (Å²) in [6.07, 6.45) is 2.31. The fourth-order valence-corrected chi connectivity index (χ4v) is 1.85. The number of halogens is 1. The average molecular weight is 223 g/mol. The third-order valence-electron chi connectivity index (χ3n) is 2.83. The van der Waals surface area contributed by atoms with Crippen molar-refractivity contribution < 1.29 is 14.3 Å². The first-order chi connectivity index (χ1) is 7.59. The summed E-state index contributed by atoms with van der Waals surface area (Å²) < 4.78 is 13.6. The van der Waals surface area contributed by atoms with Crippen LogP contribution >= 0.6 is 0 Å². The molecule has 0 saturated heterocycles. The van der Waals surface area contributed by atoms with Crippen LogP contribution in [0.25, 0.3) is 0 Å². The highest BCUT2D eigenvalue weighted by molar-refractivity contribution is 5.94. The molecule has 0 aliphatic heterocycles. The van der Waals surface area contributed by atoms with Crippen molar-refractivity contribution in [3.05, 3.63) is 29.6 Å². The Morgan fingerprint density at radius 3 is 2.81 bits per heavy atom. The lowest BCUT2D eigenvalue weighted by Crippen LogP contribution is -2.23. The van der Waals surface area contributed by atoms with E-state index in [1.165, 1.54) is 18.2 Å². The van der Waals surface area contributed by atoms with Crippen molar-refractivity contribution in [3.63, 3.8) is 0 Å². The largest absolute Gasteiger partial charge is 0.478 e. The smallest absolute Gasteiger partial charge is 0.337 e. The lowest BCUT2D eigenvalue weighted by atomic mass is 10.1. The van der Waals surface area contributed by atoms with Crippen LogP contribution in [0, 0.1) is 11.7 Å². The number of para-hydroxylation sites is 1. The molecule has 0 spiro atoms. The van der Waals surface area contributed by atoms with Crippen LogP contribution in [0.3, 0.4) is 0 Å². The standard InChI is InChI=1S/C12H14FNO2/c1-14(7-8-5-6-8)11-9(12(15)16)3-2-4-10(11)13/h2-4,8H,5-7H2,1H3,(H,15,16). The summed E-state index contributed by atoms with van der Waals surface area (Å²) in [6.45, 7) is 0.723. The predicted octanol–water partition coefficient (Wildman–Crippen LogP) is 2.37. The Morgan fingerprint density at radius 2 is 2.25 bits per heavy atom. The van der Waals surface area contributed by atoms with Gasteiger partial charge in [0.25, 0.3) is 0 Å². The van der Waals surface area contributed by atoms with Gasteiger partial charge in [-0.15, -0.1) is 0 Å². The van der Waals surface area contributed by atoms with Gasteiger partial charge < -0.3 is 10.0 Å². The van der Waals surface area contributed by atoms with Gasteiger partial charge in [-0.25, -0.2) is 9.18 Å². The molecule has 0 atom stereocenters. The Balaban J connectivity index is 2.31. The van der Waals surface area contributed by atoms with Crippen LogP contribution in [0.4, 0.5) is 10.1 Å². The number of hydrogen-bond donors (Lipinski definition) is 1. The molecule has 4 heteroatoms. The maximum Gasteiger partial charge on any atom is 0.337 e. The van der Waals surface area contributed by atoms with Crippen molar-refractivity contribution in [2.24, 2.45) is 5.92 Å². The summed E-state index contributed by atoms with van der Waals surface area (Å²) >= 11 is 0. The van der Waals surface area contributed by atoms with Crippen molar-refractivity contribution in [2.75, 3.05) is 18.5 Å². The number of anilines is 1. The van der Waals surface area contributed by atoms with E-state index in [-0.39, 0.29) is 11.3 Å². The maximum atomic E-state index is 13.6. The molecule has 1 saturated carbocycles. The summed E-state index contributed by atoms with van der Waals surface area (Å²) in [6, 6.07) is 4.16. The normalized spacial score (nSPS) is 14.9. The van der Waals surface area contributed by atoms with E-state index >= 15 is 0 Å². The average Bonchev–Trinajstić information content (AvgIpc) is 3.00. The monoisotopic (exact) mass is 223 g/mol. The van der Waals surface area contributed by atoms with Gasteiger partial charge in [0, 0.05) is 13.6 Å². The molecule has 1 aliphatic carbocycles. The van der Waals surface area contributed by atoms with Crippen LogP contribution in [0.2, 0.25) is 0 Å². The topological polar surface area (TPSA) is 40.5 Å². The molecule has 1 N–H and O–H groups in total. The van der Waals surface area contributed by atoms with E-state index in [4.69, 9.17) is 5.11 Å². The number of rotatable bonds is 4. The molecule has 0 aromatic heterocycles. The van der Waals surface area contributed by atoms with Gasteiger partial charge in [-0.3, -0.25) is 0 Å². The number of nitrogens with zero attached hydrogens (tertiary/aromatic N) is 1. The molecule has 3 nitrogen and oxygen atoms in total. The summed E-state index contributed by atoms with van der Waals surface area (Å²) in [5.74, 6) is -0.966. The summed E-state index contributed by atoms with van der Waals surface area (Å²) in [5.41, 5.74) is 0.227. The van der Waals surface area contributed by atoms with Crippen molar-refractivity contribution in [1.29, 1.82) is 0 Å². The first kappa shape index (κ1) is 10.9. The number of carboxylic acids is 1. The number of carboxylic acid groups (broad SMARTS) is 1. The Hall–Kier alpha value is -1.58. The summed E-state index contributed by atoms with van der Waals surface area (Å²) in [5, 5.41) is 9.00. The van der Waals surface area contributed by atoms with Gasteiger partial charge in [-0.1, -0.05) is 6.07 Å². The molecule has 0 unspecified atom stereocenters. The highest BCUT2D eigenvalue weighted by Crippen LogP contribution is 2.32. The fourth-order valence-electron chi connectivity index (χ4n) is 1.85. The number of aromatic carboxylic acids is 1. The molecule has 1 fully saturated rings. The molecular formula is C12H14FNO2. The third kappa shape index (κ3) is 2.15. The molecule has 1 aliphatic rings. The van der Waals surface area contributed by atoms with E-state index in [0.717, 1.165) is 19.4 Å². The second kappa shape index (κ2) is 4.12. The second-order valence-corrected chi connectivity index (χ2v) is 4.27. The molecule has 0 amide bonds. The molecule has 0 bridgehead atoms. The Bertz CT molecular complexity index is 415. The predicted molar refractivity (Wildman–Crippen MR) is 59.4 cm³/mol. The number of carbonyl (C=O) groups is 1. The van der Waals surface area contributed by atoms with Gasteiger partial charge in [0.15, 0.2) is 0 Å². The van der Waals surface area contributed by atoms with Gasteiger partial charge in [-0.05, 0) is 30.9 Å². The third-order valence-corrected chi connectivity index (χ3v) is 2.83. The zero-order valence-corrected chi connectivity index (χ0v) is 9.11. The van der Waals surface area contributed by atoms with E-state index < -0.39 is 11.8 Å². The highest BCUT2D eigenvalue weighted by Gasteiger charge is 2.26. The van der Waals surface area contributed by atoms with E-state index in [9.17, 15) is 9.18 Å². The SMILES string of the molecule is CN(CC1CC1)c1c(F)cccc1C(=O)O. The van der Waals surface area contributed by atoms with Gasteiger partial charge in [0.2, 0.25) is 0 Å². The minimum Gasteiger partial charge on any atom is -0.478 e. The first-order valence-corrected chi connectivity index (χ1v) is 5.32. The van der Waals surface area contributed by atoms with Crippen LogP contribution in [0.1, 0.15) is 23.2 Å². The molecule has 0 radical (unpaired) electrons. The lowest BCUT2D eigenvalue weighted by Gasteiger charge is -2.21. The van der Waals surface area contributed by atoms with Crippen molar-refractivity contribution in [2.45, 2.75) is 12.8 Å². The lowest BCUT2D eigenvalue weighted by molar-refractivity contribution is 0.0697. The number of hydrogen-bond acceptors (Lipinski definition) is 2. The Labute approximate surface area is 93.5 Å². The van der Waals surface area contributed by atoms with Gasteiger partial charge in [0.05, 0.1) is 11.3 Å². The quantitative estimate of drug-likeness (QED) is 0.851. The van der Waals surface area contributed by atoms with Crippen molar-refractivity contribution >= 4 is 11.7 Å². The second-order valence-electron chi connectivity index (χ2n) is 4.27. The van der Waals surface area contributed by atoms with Crippen LogP contribution in [0.15, 0.2) is 18.2 Å². The maximum absolute atomic E-state index is 13.6. The van der Waals surface area contributed by atoms with Crippen molar-refractivity contribution in [1.82, 2.24) is 0 Å².